The first-order chi connectivity index (χ1) is 11.3. The Morgan fingerprint density at radius 3 is 2.79 bits per heavy atom. The van der Waals surface area contributed by atoms with Crippen molar-refractivity contribution in [2.45, 2.75) is 64.5 Å². The Kier molecular flexibility index (Phi) is 4.73. The highest BCUT2D eigenvalue weighted by molar-refractivity contribution is 5.93. The maximum atomic E-state index is 13.3. The van der Waals surface area contributed by atoms with E-state index in [2.05, 4.69) is 42.7 Å². The van der Waals surface area contributed by atoms with Gasteiger partial charge in [0, 0.05) is 19.6 Å². The van der Waals surface area contributed by atoms with Gasteiger partial charge in [-0.05, 0) is 64.6 Å². The van der Waals surface area contributed by atoms with E-state index in [1.807, 2.05) is 13.1 Å². The van der Waals surface area contributed by atoms with Crippen LogP contribution < -0.4 is 0 Å². The van der Waals surface area contributed by atoms with Gasteiger partial charge in [-0.1, -0.05) is 13.8 Å². The van der Waals surface area contributed by atoms with Gasteiger partial charge in [0.25, 0.3) is 5.91 Å². The summed E-state index contributed by atoms with van der Waals surface area (Å²) in [5.74, 6) is 0.703. The van der Waals surface area contributed by atoms with E-state index in [9.17, 15) is 4.79 Å². The minimum atomic E-state index is -0.0508. The summed E-state index contributed by atoms with van der Waals surface area (Å²) in [6.07, 6.45) is 5.47. The number of aromatic nitrogens is 2. The molecule has 0 aliphatic carbocycles. The van der Waals surface area contributed by atoms with E-state index >= 15 is 0 Å². The van der Waals surface area contributed by atoms with E-state index in [1.165, 1.54) is 6.42 Å². The fraction of sp³-hybridized carbons (Fsp3) is 0.789. The maximum Gasteiger partial charge on any atom is 0.272 e. The Morgan fingerprint density at radius 2 is 2.08 bits per heavy atom. The predicted octanol–water partition coefficient (Wildman–Crippen LogP) is 2.71. The minimum absolute atomic E-state index is 0.0508. The zero-order chi connectivity index (χ0) is 17.5. The average molecular weight is 332 g/mol. The molecule has 2 atom stereocenters. The van der Waals surface area contributed by atoms with Crippen molar-refractivity contribution >= 4 is 5.91 Å². The molecule has 3 heterocycles. The molecule has 0 radical (unpaired) electrons. The van der Waals surface area contributed by atoms with Gasteiger partial charge in [-0.25, -0.2) is 0 Å². The number of hydrogen-bond donors (Lipinski definition) is 0. The largest absolute Gasteiger partial charge is 0.330 e. The summed E-state index contributed by atoms with van der Waals surface area (Å²) in [5, 5.41) is 4.57. The topological polar surface area (TPSA) is 41.4 Å². The zero-order valence-electron chi connectivity index (χ0n) is 15.9. The predicted molar refractivity (Wildman–Crippen MR) is 96.1 cm³/mol. The Hall–Kier alpha value is -1.36. The molecule has 1 aromatic heterocycles. The number of likely N-dealkylation sites (tertiary alicyclic amines) is 2. The fourth-order valence-electron chi connectivity index (χ4n) is 4.74. The average Bonchev–Trinajstić information content (AvgIpc) is 2.85. The van der Waals surface area contributed by atoms with Gasteiger partial charge in [0.15, 0.2) is 0 Å². The summed E-state index contributed by atoms with van der Waals surface area (Å²) in [6.45, 7) is 8.67. The van der Waals surface area contributed by atoms with Crippen LogP contribution >= 0.6 is 0 Å². The minimum Gasteiger partial charge on any atom is -0.330 e. The number of aryl methyl sites for hydroxylation is 1. The van der Waals surface area contributed by atoms with Crippen molar-refractivity contribution in [3.8, 4) is 0 Å². The summed E-state index contributed by atoms with van der Waals surface area (Å²) < 4.78 is 1.78. The summed E-state index contributed by atoms with van der Waals surface area (Å²) >= 11 is 0. The number of nitrogens with zero attached hydrogens (tertiary/aromatic N) is 4. The van der Waals surface area contributed by atoms with E-state index < -0.39 is 0 Å². The Bertz CT molecular complexity index is 609. The molecule has 0 N–H and O–H groups in total. The van der Waals surface area contributed by atoms with E-state index in [4.69, 9.17) is 0 Å². The molecule has 0 bridgehead atoms. The van der Waals surface area contributed by atoms with Crippen LogP contribution in [-0.2, 0) is 13.5 Å². The van der Waals surface area contributed by atoms with Gasteiger partial charge in [0.1, 0.15) is 5.69 Å². The normalized spacial score (nSPS) is 28.2. The van der Waals surface area contributed by atoms with Gasteiger partial charge in [-0.3, -0.25) is 9.48 Å². The Balaban J connectivity index is 1.87. The van der Waals surface area contributed by atoms with Crippen LogP contribution in [0.4, 0.5) is 0 Å². The molecule has 0 saturated carbocycles. The fourth-order valence-corrected chi connectivity index (χ4v) is 4.74. The van der Waals surface area contributed by atoms with Crippen LogP contribution in [0.1, 0.15) is 62.6 Å². The highest BCUT2D eigenvalue weighted by atomic mass is 16.2. The molecule has 2 aliphatic rings. The molecule has 1 amide bonds. The molecule has 0 spiro atoms. The number of rotatable bonds is 3. The van der Waals surface area contributed by atoms with Crippen molar-refractivity contribution in [3.05, 3.63) is 17.5 Å². The molecule has 2 fully saturated rings. The second-order valence-corrected chi connectivity index (χ2v) is 8.30. The standard InChI is InChI=1S/C19H32N4O/c1-14(2)12-15-13-16(22(5)20-15)18(24)23-11-6-8-17-19(23,3)9-7-10-21(17)4/h13-14,17H,6-12H2,1-5H3/t17-,19-/m0/s1. The Morgan fingerprint density at radius 1 is 1.33 bits per heavy atom. The summed E-state index contributed by atoms with van der Waals surface area (Å²) in [7, 11) is 4.11. The number of piperidine rings is 2. The van der Waals surface area contributed by atoms with Crippen LogP contribution in [0.25, 0.3) is 0 Å². The number of amides is 1. The molecule has 2 saturated heterocycles. The molecular weight excluding hydrogens is 300 g/mol. The lowest BCUT2D eigenvalue weighted by molar-refractivity contribution is -0.0351. The van der Waals surface area contributed by atoms with Crippen LogP contribution in [0, 0.1) is 5.92 Å². The summed E-state index contributed by atoms with van der Waals surface area (Å²) in [5.41, 5.74) is 1.71. The van der Waals surface area contributed by atoms with E-state index in [1.54, 1.807) is 4.68 Å². The molecule has 5 nitrogen and oxygen atoms in total. The second-order valence-electron chi connectivity index (χ2n) is 8.30. The Labute approximate surface area is 146 Å². The molecule has 2 aliphatic heterocycles. The van der Waals surface area contributed by atoms with Gasteiger partial charge < -0.3 is 9.80 Å². The lowest BCUT2D eigenvalue weighted by Crippen LogP contribution is -2.66. The highest BCUT2D eigenvalue weighted by Crippen LogP contribution is 2.39. The first-order valence-electron chi connectivity index (χ1n) is 9.38. The molecule has 3 rings (SSSR count). The third-order valence-corrected chi connectivity index (χ3v) is 5.93. The van der Waals surface area contributed by atoms with Gasteiger partial charge in [-0.15, -0.1) is 0 Å². The van der Waals surface area contributed by atoms with Gasteiger partial charge in [0.05, 0.1) is 11.2 Å². The maximum absolute atomic E-state index is 13.3. The third kappa shape index (κ3) is 2.99. The van der Waals surface area contributed by atoms with Gasteiger partial charge in [-0.2, -0.15) is 5.10 Å². The van der Waals surface area contributed by atoms with Crippen molar-refractivity contribution in [1.82, 2.24) is 19.6 Å². The molecular formula is C19H32N4O. The molecule has 5 heteroatoms. The van der Waals surface area contributed by atoms with Gasteiger partial charge in [0.2, 0.25) is 0 Å². The third-order valence-electron chi connectivity index (χ3n) is 5.93. The van der Waals surface area contributed by atoms with Crippen molar-refractivity contribution in [1.29, 1.82) is 0 Å². The van der Waals surface area contributed by atoms with Crippen LogP contribution in [0.3, 0.4) is 0 Å². The molecule has 0 unspecified atom stereocenters. The van der Waals surface area contributed by atoms with Crippen molar-refractivity contribution in [3.63, 3.8) is 0 Å². The van der Waals surface area contributed by atoms with Crippen molar-refractivity contribution in [2.24, 2.45) is 13.0 Å². The number of hydrogen-bond acceptors (Lipinski definition) is 3. The van der Waals surface area contributed by atoms with Gasteiger partial charge >= 0.3 is 0 Å². The quantitative estimate of drug-likeness (QED) is 0.854. The number of fused-ring (bicyclic) bond motifs is 1. The molecule has 24 heavy (non-hydrogen) atoms. The lowest BCUT2D eigenvalue weighted by Gasteiger charge is -2.55. The monoisotopic (exact) mass is 332 g/mol. The number of carbonyl (C=O) groups excluding carboxylic acids is 1. The van der Waals surface area contributed by atoms with Crippen LogP contribution in [0.15, 0.2) is 6.07 Å². The zero-order valence-corrected chi connectivity index (χ0v) is 15.9. The van der Waals surface area contributed by atoms with Crippen LogP contribution in [0.2, 0.25) is 0 Å². The molecule has 0 aromatic carbocycles. The first kappa shape index (κ1) is 17.5. The van der Waals surface area contributed by atoms with Crippen molar-refractivity contribution < 1.29 is 4.79 Å². The summed E-state index contributed by atoms with van der Waals surface area (Å²) in [6, 6.07) is 2.48. The first-order valence-corrected chi connectivity index (χ1v) is 9.38. The number of likely N-dealkylation sites (N-methyl/N-ethyl adjacent to an activating group) is 1. The molecule has 134 valence electrons. The smallest absolute Gasteiger partial charge is 0.272 e. The van der Waals surface area contributed by atoms with E-state index in [-0.39, 0.29) is 11.4 Å². The van der Waals surface area contributed by atoms with Crippen LogP contribution in [0.5, 0.6) is 0 Å². The summed E-state index contributed by atoms with van der Waals surface area (Å²) in [4.78, 5) is 17.9. The van der Waals surface area contributed by atoms with Crippen molar-refractivity contribution in [2.75, 3.05) is 20.1 Å². The SMILES string of the molecule is CC(C)Cc1cc(C(=O)N2CCC[C@@H]3N(C)CCC[C@@]32C)n(C)n1. The highest BCUT2D eigenvalue weighted by Gasteiger charge is 2.48. The number of carbonyl (C=O) groups is 1. The van der Waals surface area contributed by atoms with E-state index in [0.717, 1.165) is 50.2 Å². The van der Waals surface area contributed by atoms with Crippen LogP contribution in [-0.4, -0.2) is 57.2 Å². The van der Waals surface area contributed by atoms with E-state index in [0.29, 0.717) is 12.0 Å². The lowest BCUT2D eigenvalue weighted by atomic mass is 9.76. The second kappa shape index (κ2) is 6.51. The molecule has 1 aromatic rings.